The van der Waals surface area contributed by atoms with Crippen LogP contribution in [0.1, 0.15) is 5.56 Å². The molecule has 3 rings (SSSR count). The van der Waals surface area contributed by atoms with Crippen LogP contribution in [0.25, 0.3) is 0 Å². The number of nitrogens with zero attached hydrogens (tertiary/aromatic N) is 1. The normalized spacial score (nSPS) is 35.9. The van der Waals surface area contributed by atoms with E-state index in [1.165, 1.54) is 4.90 Å². The number of benzene rings is 1. The first kappa shape index (κ1) is 14.4. The molecule has 0 bridgehead atoms. The lowest BCUT2D eigenvalue weighted by Crippen LogP contribution is -2.63. The molecule has 2 aliphatic heterocycles. The van der Waals surface area contributed by atoms with Crippen molar-refractivity contribution in [1.29, 1.82) is 0 Å². The van der Waals surface area contributed by atoms with E-state index in [4.69, 9.17) is 4.74 Å². The summed E-state index contributed by atoms with van der Waals surface area (Å²) in [5, 5.41) is 38.9. The van der Waals surface area contributed by atoms with Crippen molar-refractivity contribution in [2.45, 2.75) is 37.1 Å². The minimum Gasteiger partial charge on any atom is -0.394 e. The SMILES string of the molecule is O=C1Cc2ccccc2N1[C@@H]1O[C@H](CO)[C@@H](O)[C@H](O)[C@H]1O. The van der Waals surface area contributed by atoms with Gasteiger partial charge in [-0.25, -0.2) is 0 Å². The van der Waals surface area contributed by atoms with Gasteiger partial charge in [0.15, 0.2) is 6.23 Å². The Morgan fingerprint density at radius 3 is 2.57 bits per heavy atom. The zero-order chi connectivity index (χ0) is 15.1. The standard InChI is InChI=1S/C14H17NO6/c16-6-9-11(18)12(19)13(20)14(21-9)15-8-4-2-1-3-7(8)5-10(15)17/h1-4,9,11-14,16,18-20H,5-6H2/t9-,11-,12+,13-,14-/m1/s1. The molecule has 7 heteroatoms. The second-order valence-corrected chi connectivity index (χ2v) is 5.29. The molecule has 0 saturated carbocycles. The molecule has 4 N–H and O–H groups in total. The van der Waals surface area contributed by atoms with Crippen molar-refractivity contribution in [3.63, 3.8) is 0 Å². The molecule has 7 nitrogen and oxygen atoms in total. The van der Waals surface area contributed by atoms with E-state index in [1.54, 1.807) is 18.2 Å². The average Bonchev–Trinajstić information content (AvgIpc) is 2.81. The van der Waals surface area contributed by atoms with Gasteiger partial charge >= 0.3 is 0 Å². The maximum atomic E-state index is 12.2. The quantitative estimate of drug-likeness (QED) is 0.522. The van der Waals surface area contributed by atoms with E-state index in [0.29, 0.717) is 5.69 Å². The molecule has 1 aromatic rings. The summed E-state index contributed by atoms with van der Waals surface area (Å²) in [6.45, 7) is -0.523. The molecule has 0 radical (unpaired) electrons. The highest BCUT2D eigenvalue weighted by molar-refractivity contribution is 6.01. The third-order valence-corrected chi connectivity index (χ3v) is 3.98. The molecular weight excluding hydrogens is 278 g/mol. The Hall–Kier alpha value is -1.51. The maximum Gasteiger partial charge on any atom is 0.233 e. The van der Waals surface area contributed by atoms with Crippen LogP contribution in [0.15, 0.2) is 24.3 Å². The minimum atomic E-state index is -1.50. The van der Waals surface area contributed by atoms with Gasteiger partial charge in [0.2, 0.25) is 5.91 Å². The highest BCUT2D eigenvalue weighted by atomic mass is 16.6. The van der Waals surface area contributed by atoms with Crippen molar-refractivity contribution in [3.05, 3.63) is 29.8 Å². The number of carbonyl (C=O) groups is 1. The number of hydrogen-bond acceptors (Lipinski definition) is 6. The molecule has 1 amide bonds. The molecule has 0 spiro atoms. The number of fused-ring (bicyclic) bond motifs is 1. The van der Waals surface area contributed by atoms with Crippen LogP contribution in [0.2, 0.25) is 0 Å². The summed E-state index contributed by atoms with van der Waals surface area (Å²) in [5.74, 6) is -0.263. The molecule has 5 atom stereocenters. The number of aliphatic hydroxyl groups excluding tert-OH is 4. The van der Waals surface area contributed by atoms with Gasteiger partial charge in [-0.3, -0.25) is 9.69 Å². The topological polar surface area (TPSA) is 110 Å². The smallest absolute Gasteiger partial charge is 0.233 e. The average molecular weight is 295 g/mol. The number of para-hydroxylation sites is 1. The summed E-state index contributed by atoms with van der Waals surface area (Å²) < 4.78 is 5.44. The monoisotopic (exact) mass is 295 g/mol. The lowest BCUT2D eigenvalue weighted by molar-refractivity contribution is -0.228. The Bertz CT molecular complexity index is 548. The van der Waals surface area contributed by atoms with Crippen molar-refractivity contribution in [2.24, 2.45) is 0 Å². The fourth-order valence-electron chi connectivity index (χ4n) is 2.85. The highest BCUT2D eigenvalue weighted by Crippen LogP contribution is 2.34. The van der Waals surface area contributed by atoms with Crippen LogP contribution >= 0.6 is 0 Å². The Balaban J connectivity index is 1.94. The first-order valence-electron chi connectivity index (χ1n) is 6.75. The predicted octanol–water partition coefficient (Wildman–Crippen LogP) is -1.62. The molecule has 0 unspecified atom stereocenters. The van der Waals surface area contributed by atoms with Gasteiger partial charge in [0, 0.05) is 0 Å². The predicted molar refractivity (Wildman–Crippen MR) is 71.4 cm³/mol. The Morgan fingerprint density at radius 2 is 1.86 bits per heavy atom. The van der Waals surface area contributed by atoms with Crippen molar-refractivity contribution < 1.29 is 30.0 Å². The number of rotatable bonds is 2. The van der Waals surface area contributed by atoms with Crippen LogP contribution in [-0.4, -0.2) is 63.6 Å². The Labute approximate surface area is 121 Å². The van der Waals surface area contributed by atoms with Gasteiger partial charge in [0.1, 0.15) is 24.4 Å². The number of ether oxygens (including phenoxy) is 1. The molecule has 1 aromatic carbocycles. The Morgan fingerprint density at radius 1 is 1.14 bits per heavy atom. The van der Waals surface area contributed by atoms with Crippen molar-refractivity contribution in [3.8, 4) is 0 Å². The van der Waals surface area contributed by atoms with Crippen LogP contribution in [-0.2, 0) is 16.0 Å². The van der Waals surface area contributed by atoms with Crippen molar-refractivity contribution in [2.75, 3.05) is 11.5 Å². The molecule has 0 aliphatic carbocycles. The molecular formula is C14H17NO6. The molecule has 21 heavy (non-hydrogen) atoms. The maximum absolute atomic E-state index is 12.2. The third-order valence-electron chi connectivity index (χ3n) is 3.98. The number of amides is 1. The highest BCUT2D eigenvalue weighted by Gasteiger charge is 2.48. The van der Waals surface area contributed by atoms with Crippen LogP contribution in [0.4, 0.5) is 5.69 Å². The zero-order valence-corrected chi connectivity index (χ0v) is 11.2. The molecule has 1 saturated heterocycles. The summed E-state index contributed by atoms with van der Waals surface area (Å²) in [7, 11) is 0. The third kappa shape index (κ3) is 2.23. The number of hydrogen-bond donors (Lipinski definition) is 4. The van der Waals surface area contributed by atoms with Crippen LogP contribution in [0.5, 0.6) is 0 Å². The fraction of sp³-hybridized carbons (Fsp3) is 0.500. The summed E-state index contributed by atoms with van der Waals surface area (Å²) in [5.41, 5.74) is 1.41. The van der Waals surface area contributed by atoms with Gasteiger partial charge < -0.3 is 25.2 Å². The summed E-state index contributed by atoms with van der Waals surface area (Å²) in [4.78, 5) is 13.5. The van der Waals surface area contributed by atoms with Gasteiger partial charge in [-0.05, 0) is 11.6 Å². The minimum absolute atomic E-state index is 0.186. The summed E-state index contributed by atoms with van der Waals surface area (Å²) >= 11 is 0. The van der Waals surface area contributed by atoms with E-state index in [-0.39, 0.29) is 12.3 Å². The van der Waals surface area contributed by atoms with Crippen LogP contribution in [0, 0.1) is 0 Å². The second kappa shape index (κ2) is 5.36. The summed E-state index contributed by atoms with van der Waals surface area (Å²) in [6, 6.07) is 7.09. The number of aliphatic hydroxyl groups is 4. The lowest BCUT2D eigenvalue weighted by atomic mass is 9.97. The lowest BCUT2D eigenvalue weighted by Gasteiger charge is -2.43. The van der Waals surface area contributed by atoms with E-state index >= 15 is 0 Å². The number of anilines is 1. The van der Waals surface area contributed by atoms with Gasteiger partial charge in [-0.1, -0.05) is 18.2 Å². The molecule has 0 aromatic heterocycles. The van der Waals surface area contributed by atoms with Crippen LogP contribution in [0.3, 0.4) is 0 Å². The van der Waals surface area contributed by atoms with E-state index in [0.717, 1.165) is 5.56 Å². The second-order valence-electron chi connectivity index (χ2n) is 5.29. The Kier molecular flexibility index (Phi) is 3.68. The van der Waals surface area contributed by atoms with Gasteiger partial charge in [-0.15, -0.1) is 0 Å². The number of carbonyl (C=O) groups excluding carboxylic acids is 1. The van der Waals surface area contributed by atoms with E-state index in [1.807, 2.05) is 6.07 Å². The fourth-order valence-corrected chi connectivity index (χ4v) is 2.85. The first-order valence-corrected chi connectivity index (χ1v) is 6.75. The van der Waals surface area contributed by atoms with Gasteiger partial charge in [-0.2, -0.15) is 0 Å². The molecule has 114 valence electrons. The molecule has 2 heterocycles. The molecule has 1 fully saturated rings. The first-order chi connectivity index (χ1) is 10.0. The van der Waals surface area contributed by atoms with Gasteiger partial charge in [0.05, 0.1) is 18.7 Å². The van der Waals surface area contributed by atoms with E-state index in [9.17, 15) is 25.2 Å². The van der Waals surface area contributed by atoms with Crippen LogP contribution < -0.4 is 4.90 Å². The largest absolute Gasteiger partial charge is 0.394 e. The van der Waals surface area contributed by atoms with Crippen molar-refractivity contribution in [1.82, 2.24) is 0 Å². The molecule has 2 aliphatic rings. The van der Waals surface area contributed by atoms with Crippen molar-refractivity contribution >= 4 is 11.6 Å². The summed E-state index contributed by atoms with van der Waals surface area (Å²) in [6.07, 6.45) is -6.38. The zero-order valence-electron chi connectivity index (χ0n) is 11.2. The van der Waals surface area contributed by atoms with Gasteiger partial charge in [0.25, 0.3) is 0 Å². The van der Waals surface area contributed by atoms with E-state index < -0.39 is 37.3 Å². The van der Waals surface area contributed by atoms with E-state index in [2.05, 4.69) is 0 Å².